The zero-order valence-electron chi connectivity index (χ0n) is 8.18. The van der Waals surface area contributed by atoms with Crippen LogP contribution in [-0.2, 0) is 9.47 Å². The molecule has 1 aromatic rings. The van der Waals surface area contributed by atoms with E-state index in [0.717, 1.165) is 6.42 Å². The van der Waals surface area contributed by atoms with Crippen molar-refractivity contribution in [2.45, 2.75) is 12.5 Å². The van der Waals surface area contributed by atoms with E-state index in [1.165, 1.54) is 12.4 Å². The highest BCUT2D eigenvalue weighted by molar-refractivity contribution is 5.90. The SMILES string of the molecule is Nc1cncc(C(=O)OC2CCOC2)c1. The highest BCUT2D eigenvalue weighted by Crippen LogP contribution is 2.12. The molecule has 0 amide bonds. The average molecular weight is 208 g/mol. The third-order valence-electron chi connectivity index (χ3n) is 2.16. The lowest BCUT2D eigenvalue weighted by Gasteiger charge is -2.09. The molecule has 5 heteroatoms. The first kappa shape index (κ1) is 9.92. The first-order chi connectivity index (χ1) is 7.25. The molecule has 1 fully saturated rings. The summed E-state index contributed by atoms with van der Waals surface area (Å²) >= 11 is 0. The van der Waals surface area contributed by atoms with E-state index in [1.807, 2.05) is 0 Å². The minimum Gasteiger partial charge on any atom is -0.456 e. The number of nitrogen functional groups attached to an aromatic ring is 1. The summed E-state index contributed by atoms with van der Waals surface area (Å²) in [5.74, 6) is -0.398. The Morgan fingerprint density at radius 2 is 2.47 bits per heavy atom. The summed E-state index contributed by atoms with van der Waals surface area (Å²) in [7, 11) is 0. The number of carbonyl (C=O) groups excluding carboxylic acids is 1. The maximum Gasteiger partial charge on any atom is 0.340 e. The number of nitrogens with zero attached hydrogens (tertiary/aromatic N) is 1. The van der Waals surface area contributed by atoms with Crippen LogP contribution in [-0.4, -0.2) is 30.3 Å². The Bertz CT molecular complexity index is 361. The lowest BCUT2D eigenvalue weighted by Crippen LogP contribution is -2.18. The Balaban J connectivity index is 2.01. The maximum absolute atomic E-state index is 11.6. The number of anilines is 1. The van der Waals surface area contributed by atoms with Crippen molar-refractivity contribution in [3.05, 3.63) is 24.0 Å². The number of aromatic nitrogens is 1. The highest BCUT2D eigenvalue weighted by Gasteiger charge is 2.20. The highest BCUT2D eigenvalue weighted by atomic mass is 16.6. The Hall–Kier alpha value is -1.62. The second-order valence-electron chi connectivity index (χ2n) is 3.40. The monoisotopic (exact) mass is 208 g/mol. The third-order valence-corrected chi connectivity index (χ3v) is 2.16. The molecular formula is C10H12N2O3. The summed E-state index contributed by atoms with van der Waals surface area (Å²) in [6, 6.07) is 1.55. The first-order valence-electron chi connectivity index (χ1n) is 4.75. The third kappa shape index (κ3) is 2.44. The van der Waals surface area contributed by atoms with Crippen LogP contribution >= 0.6 is 0 Å². The van der Waals surface area contributed by atoms with Gasteiger partial charge in [-0.05, 0) is 6.07 Å². The molecule has 0 saturated carbocycles. The Morgan fingerprint density at radius 3 is 3.13 bits per heavy atom. The van der Waals surface area contributed by atoms with Crippen LogP contribution in [0.2, 0.25) is 0 Å². The Morgan fingerprint density at radius 1 is 1.60 bits per heavy atom. The number of ether oxygens (including phenoxy) is 2. The molecule has 0 aromatic carbocycles. The second-order valence-corrected chi connectivity index (χ2v) is 3.40. The molecule has 2 N–H and O–H groups in total. The van der Waals surface area contributed by atoms with Gasteiger partial charge in [0.25, 0.3) is 0 Å². The van der Waals surface area contributed by atoms with Gasteiger partial charge in [-0.2, -0.15) is 0 Å². The van der Waals surface area contributed by atoms with Gasteiger partial charge in [0.1, 0.15) is 6.10 Å². The molecule has 1 unspecified atom stereocenters. The van der Waals surface area contributed by atoms with E-state index in [0.29, 0.717) is 24.5 Å². The molecule has 0 spiro atoms. The van der Waals surface area contributed by atoms with E-state index >= 15 is 0 Å². The average Bonchev–Trinajstić information content (AvgIpc) is 2.70. The molecule has 0 bridgehead atoms. The predicted octanol–water partition coefficient (Wildman–Crippen LogP) is 0.609. The molecule has 1 aliphatic rings. The van der Waals surface area contributed by atoms with E-state index in [9.17, 15) is 4.79 Å². The van der Waals surface area contributed by atoms with Crippen LogP contribution in [0.3, 0.4) is 0 Å². The second kappa shape index (κ2) is 4.27. The van der Waals surface area contributed by atoms with E-state index in [2.05, 4.69) is 4.98 Å². The minimum atomic E-state index is -0.398. The van der Waals surface area contributed by atoms with Crippen LogP contribution in [0, 0.1) is 0 Å². The van der Waals surface area contributed by atoms with Gasteiger partial charge in [0.2, 0.25) is 0 Å². The first-order valence-corrected chi connectivity index (χ1v) is 4.75. The molecule has 2 rings (SSSR count). The van der Waals surface area contributed by atoms with Gasteiger partial charge in [0, 0.05) is 18.8 Å². The fourth-order valence-electron chi connectivity index (χ4n) is 1.39. The van der Waals surface area contributed by atoms with Crippen LogP contribution < -0.4 is 5.73 Å². The van der Waals surface area contributed by atoms with E-state index in [-0.39, 0.29) is 6.10 Å². The van der Waals surface area contributed by atoms with E-state index in [1.54, 1.807) is 6.07 Å². The van der Waals surface area contributed by atoms with Crippen molar-refractivity contribution < 1.29 is 14.3 Å². The van der Waals surface area contributed by atoms with Gasteiger partial charge in [-0.3, -0.25) is 4.98 Å². The van der Waals surface area contributed by atoms with Crippen LogP contribution in [0.4, 0.5) is 5.69 Å². The number of hydrogen-bond donors (Lipinski definition) is 1. The summed E-state index contributed by atoms with van der Waals surface area (Å²) in [6.07, 6.45) is 3.53. The van der Waals surface area contributed by atoms with Gasteiger partial charge >= 0.3 is 5.97 Å². The normalized spacial score (nSPS) is 20.1. The minimum absolute atomic E-state index is 0.140. The van der Waals surface area contributed by atoms with Gasteiger partial charge in [-0.1, -0.05) is 0 Å². The van der Waals surface area contributed by atoms with Crippen LogP contribution in [0.1, 0.15) is 16.8 Å². The maximum atomic E-state index is 11.6. The number of esters is 1. The van der Waals surface area contributed by atoms with Crippen LogP contribution in [0.5, 0.6) is 0 Å². The van der Waals surface area contributed by atoms with Crippen LogP contribution in [0.15, 0.2) is 18.5 Å². The summed E-state index contributed by atoms with van der Waals surface area (Å²) in [4.78, 5) is 15.4. The van der Waals surface area contributed by atoms with Crippen molar-refractivity contribution in [3.8, 4) is 0 Å². The smallest absolute Gasteiger partial charge is 0.340 e. The largest absolute Gasteiger partial charge is 0.456 e. The summed E-state index contributed by atoms with van der Waals surface area (Å²) in [6.45, 7) is 1.12. The summed E-state index contributed by atoms with van der Waals surface area (Å²) in [5, 5.41) is 0. The molecule has 80 valence electrons. The van der Waals surface area contributed by atoms with Crippen molar-refractivity contribution in [3.63, 3.8) is 0 Å². The zero-order valence-corrected chi connectivity index (χ0v) is 8.18. The predicted molar refractivity (Wildman–Crippen MR) is 53.3 cm³/mol. The molecule has 1 saturated heterocycles. The zero-order chi connectivity index (χ0) is 10.7. The Labute approximate surface area is 87.2 Å². The number of carbonyl (C=O) groups is 1. The molecule has 1 atom stereocenters. The van der Waals surface area contributed by atoms with Crippen molar-refractivity contribution in [1.29, 1.82) is 0 Å². The fraction of sp³-hybridized carbons (Fsp3) is 0.400. The standard InChI is InChI=1S/C10H12N2O3/c11-8-3-7(4-12-5-8)10(13)15-9-1-2-14-6-9/h3-5,9H,1-2,6,11H2. The molecule has 15 heavy (non-hydrogen) atoms. The van der Waals surface area contributed by atoms with Gasteiger partial charge < -0.3 is 15.2 Å². The lowest BCUT2D eigenvalue weighted by atomic mass is 10.2. The van der Waals surface area contributed by atoms with Gasteiger partial charge in [0.05, 0.1) is 24.5 Å². The molecule has 0 aliphatic carbocycles. The van der Waals surface area contributed by atoms with Crippen molar-refractivity contribution in [2.24, 2.45) is 0 Å². The van der Waals surface area contributed by atoms with Gasteiger partial charge in [-0.15, -0.1) is 0 Å². The van der Waals surface area contributed by atoms with Crippen molar-refractivity contribution in [2.75, 3.05) is 18.9 Å². The lowest BCUT2D eigenvalue weighted by molar-refractivity contribution is 0.0270. The quantitative estimate of drug-likeness (QED) is 0.721. The Kier molecular flexibility index (Phi) is 2.82. The molecular weight excluding hydrogens is 196 g/mol. The fourth-order valence-corrected chi connectivity index (χ4v) is 1.39. The molecule has 1 aliphatic heterocycles. The van der Waals surface area contributed by atoms with Gasteiger partial charge in [-0.25, -0.2) is 4.79 Å². The van der Waals surface area contributed by atoms with Crippen molar-refractivity contribution >= 4 is 11.7 Å². The number of pyridine rings is 1. The molecule has 5 nitrogen and oxygen atoms in total. The number of nitrogens with two attached hydrogens (primary N) is 1. The molecule has 2 heterocycles. The topological polar surface area (TPSA) is 74.4 Å². The van der Waals surface area contributed by atoms with Gasteiger partial charge in [0.15, 0.2) is 0 Å². The number of hydrogen-bond acceptors (Lipinski definition) is 5. The summed E-state index contributed by atoms with van der Waals surface area (Å²) in [5.41, 5.74) is 6.34. The van der Waals surface area contributed by atoms with Crippen molar-refractivity contribution in [1.82, 2.24) is 4.98 Å². The van der Waals surface area contributed by atoms with Crippen LogP contribution in [0.25, 0.3) is 0 Å². The van der Waals surface area contributed by atoms with E-state index < -0.39 is 5.97 Å². The molecule has 0 radical (unpaired) electrons. The summed E-state index contributed by atoms with van der Waals surface area (Å²) < 4.78 is 10.3. The molecule has 1 aromatic heterocycles. The number of rotatable bonds is 2. The van der Waals surface area contributed by atoms with E-state index in [4.69, 9.17) is 15.2 Å².